The van der Waals surface area contributed by atoms with Gasteiger partial charge < -0.3 is 4.74 Å². The van der Waals surface area contributed by atoms with E-state index in [2.05, 4.69) is 11.8 Å². The monoisotopic (exact) mass is 180 g/mol. The van der Waals surface area contributed by atoms with E-state index in [-0.39, 0.29) is 12.1 Å². The van der Waals surface area contributed by atoms with Crippen molar-refractivity contribution in [2.75, 3.05) is 0 Å². The summed E-state index contributed by atoms with van der Waals surface area (Å²) in [6, 6.07) is 0. The Labute approximate surface area is 79.7 Å². The predicted octanol–water partition coefficient (Wildman–Crippen LogP) is 2.28. The van der Waals surface area contributed by atoms with Crippen molar-refractivity contribution < 1.29 is 9.53 Å². The second-order valence-electron chi connectivity index (χ2n) is 3.25. The summed E-state index contributed by atoms with van der Waals surface area (Å²) in [5.74, 6) is 6.02. The molecule has 0 aromatic rings. The normalized spacial score (nSPS) is 21.6. The fraction of sp³-hybridized carbons (Fsp3) is 0.727. The summed E-state index contributed by atoms with van der Waals surface area (Å²) in [5.41, 5.74) is 0. The van der Waals surface area contributed by atoms with Crippen molar-refractivity contribution in [2.24, 2.45) is 0 Å². The number of esters is 1. The molecule has 1 unspecified atom stereocenters. The van der Waals surface area contributed by atoms with Crippen LogP contribution in [-0.2, 0) is 9.53 Å². The van der Waals surface area contributed by atoms with Gasteiger partial charge in [-0.25, -0.2) is 0 Å². The molecule has 1 saturated heterocycles. The maximum atomic E-state index is 10.9. The molecule has 0 aliphatic carbocycles. The van der Waals surface area contributed by atoms with Crippen LogP contribution in [-0.4, -0.2) is 12.1 Å². The van der Waals surface area contributed by atoms with E-state index in [1.165, 1.54) is 0 Å². The SMILES string of the molecule is CCC#CCCC1CCCC(=O)O1. The third-order valence-electron chi connectivity index (χ3n) is 2.10. The van der Waals surface area contributed by atoms with Crippen LogP contribution in [0.2, 0.25) is 0 Å². The van der Waals surface area contributed by atoms with Crippen molar-refractivity contribution >= 4 is 5.97 Å². The Hall–Kier alpha value is -0.970. The largest absolute Gasteiger partial charge is 0.462 e. The van der Waals surface area contributed by atoms with Gasteiger partial charge in [-0.3, -0.25) is 4.79 Å². The Morgan fingerprint density at radius 1 is 1.54 bits per heavy atom. The summed E-state index contributed by atoms with van der Waals surface area (Å²) >= 11 is 0. The molecular formula is C11H16O2. The molecule has 0 spiro atoms. The van der Waals surface area contributed by atoms with E-state index >= 15 is 0 Å². The smallest absolute Gasteiger partial charge is 0.306 e. The van der Waals surface area contributed by atoms with Gasteiger partial charge in [0.1, 0.15) is 6.10 Å². The molecule has 2 heteroatoms. The van der Waals surface area contributed by atoms with E-state index in [9.17, 15) is 4.79 Å². The summed E-state index contributed by atoms with van der Waals surface area (Å²) in [6.07, 6.45) is 5.38. The lowest BCUT2D eigenvalue weighted by atomic mass is 10.0. The highest BCUT2D eigenvalue weighted by molar-refractivity contribution is 5.70. The Bertz CT molecular complexity index is 222. The zero-order valence-corrected chi connectivity index (χ0v) is 8.14. The molecule has 1 heterocycles. The van der Waals surface area contributed by atoms with E-state index in [1.54, 1.807) is 0 Å². The molecule has 13 heavy (non-hydrogen) atoms. The van der Waals surface area contributed by atoms with Crippen LogP contribution in [0.1, 0.15) is 45.4 Å². The summed E-state index contributed by atoms with van der Waals surface area (Å²) in [6.45, 7) is 2.04. The van der Waals surface area contributed by atoms with Gasteiger partial charge in [0.2, 0.25) is 0 Å². The molecule has 1 atom stereocenters. The first-order valence-electron chi connectivity index (χ1n) is 4.98. The van der Waals surface area contributed by atoms with Crippen LogP contribution in [0.5, 0.6) is 0 Å². The van der Waals surface area contributed by atoms with Gasteiger partial charge in [-0.15, -0.1) is 11.8 Å². The van der Waals surface area contributed by atoms with Gasteiger partial charge in [-0.05, 0) is 19.3 Å². The highest BCUT2D eigenvalue weighted by Crippen LogP contribution is 2.17. The summed E-state index contributed by atoms with van der Waals surface area (Å²) in [7, 11) is 0. The van der Waals surface area contributed by atoms with Crippen LogP contribution in [0, 0.1) is 11.8 Å². The molecule has 2 nitrogen and oxygen atoms in total. The molecule has 0 N–H and O–H groups in total. The number of ether oxygens (including phenoxy) is 1. The van der Waals surface area contributed by atoms with Crippen LogP contribution < -0.4 is 0 Å². The van der Waals surface area contributed by atoms with Crippen LogP contribution in [0.15, 0.2) is 0 Å². The van der Waals surface area contributed by atoms with Crippen molar-refractivity contribution in [3.8, 4) is 11.8 Å². The predicted molar refractivity (Wildman–Crippen MR) is 51.0 cm³/mol. The molecule has 0 amide bonds. The Kier molecular flexibility index (Phi) is 4.39. The minimum Gasteiger partial charge on any atom is -0.462 e. The molecule has 0 aromatic heterocycles. The van der Waals surface area contributed by atoms with Gasteiger partial charge in [0, 0.05) is 19.3 Å². The maximum Gasteiger partial charge on any atom is 0.306 e. The van der Waals surface area contributed by atoms with Crippen molar-refractivity contribution in [3.05, 3.63) is 0 Å². The summed E-state index contributed by atoms with van der Waals surface area (Å²) in [5, 5.41) is 0. The second-order valence-corrected chi connectivity index (χ2v) is 3.25. The Morgan fingerprint density at radius 3 is 3.08 bits per heavy atom. The lowest BCUT2D eigenvalue weighted by Gasteiger charge is -2.21. The third kappa shape index (κ3) is 3.98. The Morgan fingerprint density at radius 2 is 2.38 bits per heavy atom. The average molecular weight is 180 g/mol. The van der Waals surface area contributed by atoms with E-state index in [4.69, 9.17) is 4.74 Å². The minimum atomic E-state index is -0.0419. The molecular weight excluding hydrogens is 164 g/mol. The van der Waals surface area contributed by atoms with E-state index < -0.39 is 0 Å². The first-order valence-corrected chi connectivity index (χ1v) is 4.98. The molecule has 1 rings (SSSR count). The molecule has 1 aliphatic heterocycles. The molecule has 1 aliphatic rings. The van der Waals surface area contributed by atoms with Gasteiger partial charge in [-0.2, -0.15) is 0 Å². The zero-order valence-electron chi connectivity index (χ0n) is 8.14. The van der Waals surface area contributed by atoms with Crippen molar-refractivity contribution in [1.29, 1.82) is 0 Å². The van der Waals surface area contributed by atoms with Crippen molar-refractivity contribution in [1.82, 2.24) is 0 Å². The summed E-state index contributed by atoms with van der Waals surface area (Å²) in [4.78, 5) is 10.9. The number of carbonyl (C=O) groups is 1. The second kappa shape index (κ2) is 5.64. The number of rotatable bonds is 2. The van der Waals surface area contributed by atoms with Gasteiger partial charge in [-0.1, -0.05) is 6.92 Å². The van der Waals surface area contributed by atoms with Gasteiger partial charge in [0.25, 0.3) is 0 Å². The number of hydrogen-bond acceptors (Lipinski definition) is 2. The van der Waals surface area contributed by atoms with E-state index in [0.29, 0.717) is 6.42 Å². The van der Waals surface area contributed by atoms with Crippen LogP contribution in [0.25, 0.3) is 0 Å². The maximum absolute atomic E-state index is 10.9. The first kappa shape index (κ1) is 10.1. The number of carbonyl (C=O) groups excluding carboxylic acids is 1. The highest BCUT2D eigenvalue weighted by atomic mass is 16.5. The summed E-state index contributed by atoms with van der Waals surface area (Å²) < 4.78 is 5.16. The lowest BCUT2D eigenvalue weighted by molar-refractivity contribution is -0.153. The molecule has 0 saturated carbocycles. The molecule has 1 fully saturated rings. The van der Waals surface area contributed by atoms with Crippen LogP contribution in [0.4, 0.5) is 0 Å². The molecule has 0 bridgehead atoms. The Balaban J connectivity index is 2.17. The topological polar surface area (TPSA) is 26.3 Å². The quantitative estimate of drug-likeness (QED) is 0.481. The fourth-order valence-corrected chi connectivity index (χ4v) is 1.43. The van der Waals surface area contributed by atoms with E-state index in [0.717, 1.165) is 32.1 Å². The zero-order chi connectivity index (χ0) is 9.52. The van der Waals surface area contributed by atoms with Crippen molar-refractivity contribution in [2.45, 2.75) is 51.6 Å². The van der Waals surface area contributed by atoms with Crippen LogP contribution >= 0.6 is 0 Å². The lowest BCUT2D eigenvalue weighted by Crippen LogP contribution is -2.23. The van der Waals surface area contributed by atoms with Crippen molar-refractivity contribution in [3.63, 3.8) is 0 Å². The molecule has 72 valence electrons. The molecule has 0 aromatic carbocycles. The fourth-order valence-electron chi connectivity index (χ4n) is 1.43. The van der Waals surface area contributed by atoms with E-state index in [1.807, 2.05) is 6.92 Å². The van der Waals surface area contributed by atoms with Gasteiger partial charge in [0.15, 0.2) is 0 Å². The number of cyclic esters (lactones) is 1. The average Bonchev–Trinajstić information content (AvgIpc) is 2.13. The standard InChI is InChI=1S/C11H16O2/c1-2-3-4-5-7-10-8-6-9-11(12)13-10/h10H,2,5-9H2,1H3. The number of hydrogen-bond donors (Lipinski definition) is 0. The molecule has 0 radical (unpaired) electrons. The highest BCUT2D eigenvalue weighted by Gasteiger charge is 2.19. The third-order valence-corrected chi connectivity index (χ3v) is 2.10. The minimum absolute atomic E-state index is 0.0419. The first-order chi connectivity index (χ1) is 6.33. The van der Waals surface area contributed by atoms with Crippen LogP contribution in [0.3, 0.4) is 0 Å². The van der Waals surface area contributed by atoms with Gasteiger partial charge in [0.05, 0.1) is 0 Å². The van der Waals surface area contributed by atoms with Gasteiger partial charge >= 0.3 is 5.97 Å².